The number of carbonyl (C=O) groups is 1. The Labute approximate surface area is 222 Å². The van der Waals surface area contributed by atoms with Crippen LogP contribution in [0, 0.1) is 0 Å². The van der Waals surface area contributed by atoms with Crippen molar-refractivity contribution in [3.8, 4) is 28.9 Å². The lowest BCUT2D eigenvalue weighted by Crippen LogP contribution is -2.16. The molecule has 12 heteroatoms. The third-order valence-corrected chi connectivity index (χ3v) is 7.82. The lowest BCUT2D eigenvalue weighted by molar-refractivity contribution is -0.114. The second-order valence-corrected chi connectivity index (χ2v) is 12.1. The standard InChI is InChI=1S/C26H24N2O8S2/c1-38(31,32)13-3-12-33-25-11-10-19(15-27-25)36-21-5-2-4-20-22(16-34-26(20)21)35-18-8-6-17(7-9-18)23-14-24(29)28-37(23)30/h2,4-11,14-15,22H,3,12-13,16H2,1H3,(H,28,29)/t22-,37?/m1/s1. The van der Waals surface area contributed by atoms with Gasteiger partial charge in [-0.05, 0) is 36.2 Å². The Morgan fingerprint density at radius 3 is 2.58 bits per heavy atom. The molecular weight excluding hydrogens is 532 g/mol. The van der Waals surface area contributed by atoms with Gasteiger partial charge in [0.25, 0.3) is 5.91 Å². The SMILES string of the molecule is CS(=O)(=O)CCCOc1ccc(Oc2cccc3c2OC[C@H]3Oc2ccc(C3=CC(=O)NS3=O)cc2)cn1. The largest absolute Gasteiger partial charge is 0.485 e. The van der Waals surface area contributed by atoms with Crippen molar-refractivity contribution >= 4 is 31.6 Å². The lowest BCUT2D eigenvalue weighted by Gasteiger charge is -2.13. The summed E-state index contributed by atoms with van der Waals surface area (Å²) >= 11 is 0. The van der Waals surface area contributed by atoms with E-state index < -0.39 is 20.8 Å². The molecule has 1 N–H and O–H groups in total. The van der Waals surface area contributed by atoms with Gasteiger partial charge in [-0.1, -0.05) is 24.3 Å². The fraction of sp³-hybridized carbons (Fsp3) is 0.231. The second-order valence-electron chi connectivity index (χ2n) is 8.63. The first-order valence-corrected chi connectivity index (χ1v) is 14.9. The van der Waals surface area contributed by atoms with Crippen molar-refractivity contribution in [3.63, 3.8) is 0 Å². The molecule has 38 heavy (non-hydrogen) atoms. The molecule has 0 aliphatic carbocycles. The predicted molar refractivity (Wildman–Crippen MR) is 140 cm³/mol. The van der Waals surface area contributed by atoms with Crippen LogP contribution in [0.2, 0.25) is 0 Å². The van der Waals surface area contributed by atoms with E-state index in [0.717, 1.165) is 5.56 Å². The van der Waals surface area contributed by atoms with Crippen LogP contribution >= 0.6 is 0 Å². The highest BCUT2D eigenvalue weighted by Gasteiger charge is 2.29. The Morgan fingerprint density at radius 2 is 1.89 bits per heavy atom. The summed E-state index contributed by atoms with van der Waals surface area (Å²) < 4.78 is 60.2. The van der Waals surface area contributed by atoms with Gasteiger partial charge < -0.3 is 18.9 Å². The van der Waals surface area contributed by atoms with Crippen LogP contribution in [-0.2, 0) is 25.6 Å². The summed E-state index contributed by atoms with van der Waals surface area (Å²) in [6.07, 6.45) is 4.06. The number of nitrogens with zero attached hydrogens (tertiary/aromatic N) is 1. The van der Waals surface area contributed by atoms with E-state index in [1.54, 1.807) is 42.5 Å². The zero-order chi connectivity index (χ0) is 26.7. The first kappa shape index (κ1) is 25.7. The number of nitrogens with one attached hydrogen (secondary N) is 1. The Balaban J connectivity index is 1.21. The summed E-state index contributed by atoms with van der Waals surface area (Å²) in [5, 5.41) is 0. The van der Waals surface area contributed by atoms with Crippen LogP contribution < -0.4 is 23.7 Å². The number of fused-ring (bicyclic) bond motifs is 1. The fourth-order valence-electron chi connectivity index (χ4n) is 3.91. The van der Waals surface area contributed by atoms with Crippen LogP contribution in [-0.4, -0.2) is 48.7 Å². The van der Waals surface area contributed by atoms with E-state index >= 15 is 0 Å². The van der Waals surface area contributed by atoms with Crippen LogP contribution in [0.1, 0.15) is 23.7 Å². The minimum atomic E-state index is -3.02. The molecule has 2 aliphatic rings. The Morgan fingerprint density at radius 1 is 1.11 bits per heavy atom. The van der Waals surface area contributed by atoms with Crippen LogP contribution in [0.4, 0.5) is 0 Å². The normalized spacial score (nSPS) is 18.2. The number of carbonyl (C=O) groups excluding carboxylic acids is 1. The van der Waals surface area contributed by atoms with Gasteiger partial charge in [0.1, 0.15) is 27.9 Å². The van der Waals surface area contributed by atoms with Gasteiger partial charge in [-0.25, -0.2) is 17.6 Å². The van der Waals surface area contributed by atoms with Crippen LogP contribution in [0.5, 0.6) is 28.9 Å². The third-order valence-electron chi connectivity index (χ3n) is 5.65. The molecule has 10 nitrogen and oxygen atoms in total. The van der Waals surface area contributed by atoms with Gasteiger partial charge in [-0.15, -0.1) is 0 Å². The summed E-state index contributed by atoms with van der Waals surface area (Å²) in [6, 6.07) is 15.9. The summed E-state index contributed by atoms with van der Waals surface area (Å²) in [5.74, 6) is 2.23. The molecule has 0 fully saturated rings. The maximum Gasteiger partial charge on any atom is 0.257 e. The molecule has 5 rings (SSSR count). The Kier molecular flexibility index (Phi) is 7.34. The van der Waals surface area contributed by atoms with Gasteiger partial charge in [0, 0.05) is 24.0 Å². The third kappa shape index (κ3) is 6.14. The number of pyridine rings is 1. The highest BCUT2D eigenvalue weighted by Crippen LogP contribution is 2.43. The van der Waals surface area contributed by atoms with Gasteiger partial charge >= 0.3 is 0 Å². The quantitative estimate of drug-likeness (QED) is 0.374. The van der Waals surface area contributed by atoms with E-state index in [4.69, 9.17) is 18.9 Å². The van der Waals surface area contributed by atoms with Gasteiger partial charge in [-0.2, -0.15) is 0 Å². The van der Waals surface area contributed by atoms with Crippen molar-refractivity contribution in [2.45, 2.75) is 12.5 Å². The van der Waals surface area contributed by atoms with Crippen molar-refractivity contribution < 1.29 is 36.4 Å². The molecule has 2 atom stereocenters. The number of rotatable bonds is 10. The minimum absolute atomic E-state index is 0.0591. The summed E-state index contributed by atoms with van der Waals surface area (Å²) in [6.45, 7) is 0.544. The van der Waals surface area contributed by atoms with E-state index in [1.165, 1.54) is 18.5 Å². The van der Waals surface area contributed by atoms with E-state index in [9.17, 15) is 17.4 Å². The minimum Gasteiger partial charge on any atom is -0.485 e. The van der Waals surface area contributed by atoms with Gasteiger partial charge in [0.05, 0.1) is 23.5 Å². The van der Waals surface area contributed by atoms with E-state index in [-0.39, 0.29) is 24.4 Å². The average molecular weight is 557 g/mol. The van der Waals surface area contributed by atoms with E-state index in [1.807, 2.05) is 12.1 Å². The van der Waals surface area contributed by atoms with Crippen molar-refractivity contribution in [1.29, 1.82) is 0 Å². The number of hydrogen-bond acceptors (Lipinski definition) is 9. The first-order valence-electron chi connectivity index (χ1n) is 11.7. The smallest absolute Gasteiger partial charge is 0.257 e. The molecule has 2 aromatic carbocycles. The van der Waals surface area contributed by atoms with Crippen molar-refractivity contribution in [2.24, 2.45) is 0 Å². The molecule has 3 heterocycles. The molecule has 1 amide bonds. The maximum absolute atomic E-state index is 12.0. The number of sulfone groups is 1. The monoisotopic (exact) mass is 556 g/mol. The number of para-hydroxylation sites is 1. The molecule has 0 saturated carbocycles. The number of amides is 1. The molecule has 3 aromatic rings. The van der Waals surface area contributed by atoms with Crippen molar-refractivity contribution in [2.75, 3.05) is 25.2 Å². The molecule has 0 saturated heterocycles. The molecule has 1 aromatic heterocycles. The molecule has 0 radical (unpaired) electrons. The average Bonchev–Trinajstić information content (AvgIpc) is 3.45. The van der Waals surface area contributed by atoms with Gasteiger partial charge in [0.2, 0.25) is 5.88 Å². The van der Waals surface area contributed by atoms with Gasteiger partial charge in [0.15, 0.2) is 28.6 Å². The summed E-state index contributed by atoms with van der Waals surface area (Å²) in [7, 11) is -4.57. The predicted octanol–water partition coefficient (Wildman–Crippen LogP) is 3.33. The zero-order valence-electron chi connectivity index (χ0n) is 20.3. The molecular formula is C26H24N2O8S2. The first-order chi connectivity index (χ1) is 18.2. The van der Waals surface area contributed by atoms with E-state index in [2.05, 4.69) is 9.71 Å². The molecule has 0 bridgehead atoms. The second kappa shape index (κ2) is 10.8. The molecule has 2 aliphatic heterocycles. The lowest BCUT2D eigenvalue weighted by atomic mass is 10.1. The van der Waals surface area contributed by atoms with Gasteiger partial charge in [-0.3, -0.25) is 9.52 Å². The summed E-state index contributed by atoms with van der Waals surface area (Å²) in [4.78, 5) is 16.1. The van der Waals surface area contributed by atoms with Crippen molar-refractivity contribution in [1.82, 2.24) is 9.71 Å². The topological polar surface area (TPSA) is 130 Å². The number of benzene rings is 2. The summed E-state index contributed by atoms with van der Waals surface area (Å²) in [5.41, 5.74) is 1.51. The fourth-order valence-corrected chi connectivity index (χ4v) is 5.46. The maximum atomic E-state index is 12.0. The van der Waals surface area contributed by atoms with Crippen molar-refractivity contribution in [3.05, 3.63) is 78.0 Å². The van der Waals surface area contributed by atoms with Crippen LogP contribution in [0.15, 0.2) is 66.9 Å². The van der Waals surface area contributed by atoms with Crippen LogP contribution in [0.3, 0.4) is 0 Å². The molecule has 198 valence electrons. The van der Waals surface area contributed by atoms with Crippen LogP contribution in [0.25, 0.3) is 4.91 Å². The zero-order valence-corrected chi connectivity index (χ0v) is 21.9. The number of ether oxygens (including phenoxy) is 4. The van der Waals surface area contributed by atoms with E-state index in [0.29, 0.717) is 52.4 Å². The molecule has 0 spiro atoms. The Bertz CT molecular complexity index is 1500. The molecule has 1 unspecified atom stereocenters. The highest BCUT2D eigenvalue weighted by molar-refractivity contribution is 7.94. The Hall–Kier alpha value is -3.90. The highest BCUT2D eigenvalue weighted by atomic mass is 32.2. The number of aromatic nitrogens is 1. The number of hydrogen-bond donors (Lipinski definition) is 1.